The number of nitrogens with one attached hydrogen (secondary N) is 1. The number of carbonyl (C=O) groups is 1. The van der Waals surface area contributed by atoms with Crippen LogP contribution in [-0.2, 0) is 19.0 Å². The second-order valence-corrected chi connectivity index (χ2v) is 7.42. The molecule has 0 unspecified atom stereocenters. The quantitative estimate of drug-likeness (QED) is 0.790. The Morgan fingerprint density at radius 1 is 1.08 bits per heavy atom. The number of para-hydroxylation sites is 1. The van der Waals surface area contributed by atoms with Gasteiger partial charge < -0.3 is 5.32 Å². The second kappa shape index (κ2) is 6.75. The summed E-state index contributed by atoms with van der Waals surface area (Å²) in [5.74, 6) is 0.334. The van der Waals surface area contributed by atoms with Crippen molar-refractivity contribution in [1.82, 2.24) is 14.9 Å². The summed E-state index contributed by atoms with van der Waals surface area (Å²) in [7, 11) is 1.67. The fourth-order valence-electron chi connectivity index (χ4n) is 2.81. The molecular formula is C21H23N3O2. The molecule has 2 aromatic carbocycles. The molecule has 1 heterocycles. The van der Waals surface area contributed by atoms with Crippen LogP contribution >= 0.6 is 0 Å². The maximum Gasteiger partial charge on any atom is 0.261 e. The van der Waals surface area contributed by atoms with E-state index in [0.717, 1.165) is 0 Å². The molecule has 3 aromatic rings. The Bertz CT molecular complexity index is 1010. The van der Waals surface area contributed by atoms with E-state index in [1.807, 2.05) is 36.4 Å². The summed E-state index contributed by atoms with van der Waals surface area (Å²) >= 11 is 0. The van der Waals surface area contributed by atoms with Gasteiger partial charge in [0.25, 0.3) is 11.5 Å². The third kappa shape index (κ3) is 3.52. The molecule has 0 saturated heterocycles. The normalized spacial score (nSPS) is 11.5. The predicted octanol–water partition coefficient (Wildman–Crippen LogP) is 3.16. The van der Waals surface area contributed by atoms with Crippen LogP contribution in [0.1, 0.15) is 42.5 Å². The standard InChI is InChI=1S/C21H23N3O2/c1-21(2,3)15-11-9-14(10-12-15)19(25)22-13-18-23-17-8-6-5-7-16(17)20(26)24(18)4/h5-12H,13H2,1-4H3,(H,22,25). The lowest BCUT2D eigenvalue weighted by Crippen LogP contribution is -2.29. The van der Waals surface area contributed by atoms with E-state index in [0.29, 0.717) is 22.3 Å². The number of carbonyl (C=O) groups excluding carboxylic acids is 1. The van der Waals surface area contributed by atoms with E-state index in [4.69, 9.17) is 0 Å². The first-order chi connectivity index (χ1) is 12.3. The SMILES string of the molecule is Cn1c(CNC(=O)c2ccc(C(C)(C)C)cc2)nc2ccccc2c1=O. The van der Waals surface area contributed by atoms with Gasteiger partial charge in [-0.05, 0) is 35.2 Å². The fraction of sp³-hybridized carbons (Fsp3) is 0.286. The van der Waals surface area contributed by atoms with Crippen molar-refractivity contribution in [3.63, 3.8) is 0 Å². The van der Waals surface area contributed by atoms with Crippen molar-refractivity contribution in [3.8, 4) is 0 Å². The summed E-state index contributed by atoms with van der Waals surface area (Å²) in [5, 5.41) is 3.42. The van der Waals surface area contributed by atoms with Crippen molar-refractivity contribution in [2.75, 3.05) is 0 Å². The minimum absolute atomic E-state index is 0.0439. The highest BCUT2D eigenvalue weighted by Gasteiger charge is 2.15. The smallest absolute Gasteiger partial charge is 0.261 e. The minimum Gasteiger partial charge on any atom is -0.345 e. The second-order valence-electron chi connectivity index (χ2n) is 7.42. The van der Waals surface area contributed by atoms with Crippen molar-refractivity contribution >= 4 is 16.8 Å². The summed E-state index contributed by atoms with van der Waals surface area (Å²) < 4.78 is 1.48. The first kappa shape index (κ1) is 17.9. The van der Waals surface area contributed by atoms with Crippen molar-refractivity contribution in [1.29, 1.82) is 0 Å². The molecular weight excluding hydrogens is 326 g/mol. The van der Waals surface area contributed by atoms with Gasteiger partial charge in [0.05, 0.1) is 17.4 Å². The maximum absolute atomic E-state index is 12.4. The molecule has 0 aliphatic carbocycles. The van der Waals surface area contributed by atoms with Crippen LogP contribution in [0, 0.1) is 0 Å². The summed E-state index contributed by atoms with van der Waals surface area (Å²) in [6.07, 6.45) is 0. The molecule has 5 nitrogen and oxygen atoms in total. The van der Waals surface area contributed by atoms with Crippen molar-refractivity contribution in [2.45, 2.75) is 32.7 Å². The zero-order valence-electron chi connectivity index (χ0n) is 15.5. The third-order valence-electron chi connectivity index (χ3n) is 4.50. The summed E-state index contributed by atoms with van der Waals surface area (Å²) in [6.45, 7) is 6.59. The number of benzene rings is 2. The first-order valence-electron chi connectivity index (χ1n) is 8.61. The molecule has 0 aliphatic rings. The first-order valence-corrected chi connectivity index (χ1v) is 8.61. The van der Waals surface area contributed by atoms with Crippen LogP contribution in [0.15, 0.2) is 53.3 Å². The highest BCUT2D eigenvalue weighted by Crippen LogP contribution is 2.22. The van der Waals surface area contributed by atoms with Crippen LogP contribution < -0.4 is 10.9 Å². The molecule has 0 atom stereocenters. The summed E-state index contributed by atoms with van der Waals surface area (Å²) in [5.41, 5.74) is 2.32. The number of rotatable bonds is 3. The molecule has 26 heavy (non-hydrogen) atoms. The van der Waals surface area contributed by atoms with Crippen LogP contribution in [0.3, 0.4) is 0 Å². The van der Waals surface area contributed by atoms with Gasteiger partial charge in [-0.15, -0.1) is 0 Å². The summed E-state index contributed by atoms with van der Waals surface area (Å²) in [4.78, 5) is 29.3. The van der Waals surface area contributed by atoms with Gasteiger partial charge in [-0.2, -0.15) is 0 Å². The molecule has 134 valence electrons. The Hall–Kier alpha value is -2.95. The highest BCUT2D eigenvalue weighted by atomic mass is 16.1. The molecule has 0 spiro atoms. The number of hydrogen-bond acceptors (Lipinski definition) is 3. The van der Waals surface area contributed by atoms with E-state index < -0.39 is 0 Å². The Labute approximate surface area is 152 Å². The van der Waals surface area contributed by atoms with Crippen molar-refractivity contribution in [2.24, 2.45) is 7.05 Å². The summed E-state index contributed by atoms with van der Waals surface area (Å²) in [6, 6.07) is 14.8. The van der Waals surface area contributed by atoms with E-state index in [-0.39, 0.29) is 23.4 Å². The van der Waals surface area contributed by atoms with Crippen LogP contribution in [0.4, 0.5) is 0 Å². The van der Waals surface area contributed by atoms with Crippen LogP contribution in [-0.4, -0.2) is 15.5 Å². The van der Waals surface area contributed by atoms with Gasteiger partial charge in [-0.25, -0.2) is 4.98 Å². The molecule has 1 N–H and O–H groups in total. The molecule has 3 rings (SSSR count). The maximum atomic E-state index is 12.4. The number of fused-ring (bicyclic) bond motifs is 1. The fourth-order valence-corrected chi connectivity index (χ4v) is 2.81. The van der Waals surface area contributed by atoms with Crippen molar-refractivity contribution in [3.05, 3.63) is 75.8 Å². The lowest BCUT2D eigenvalue weighted by molar-refractivity contribution is 0.0949. The molecule has 1 aromatic heterocycles. The van der Waals surface area contributed by atoms with Gasteiger partial charge in [-0.1, -0.05) is 45.0 Å². The van der Waals surface area contributed by atoms with Gasteiger partial charge >= 0.3 is 0 Å². The Balaban J connectivity index is 1.79. The van der Waals surface area contributed by atoms with E-state index >= 15 is 0 Å². The number of hydrogen-bond donors (Lipinski definition) is 1. The Kier molecular flexibility index (Phi) is 4.64. The van der Waals surface area contributed by atoms with E-state index in [2.05, 4.69) is 31.1 Å². The van der Waals surface area contributed by atoms with E-state index in [1.54, 1.807) is 19.2 Å². The molecule has 0 saturated carbocycles. The Morgan fingerprint density at radius 3 is 2.38 bits per heavy atom. The average molecular weight is 349 g/mol. The Morgan fingerprint density at radius 2 is 1.73 bits per heavy atom. The van der Waals surface area contributed by atoms with Crippen molar-refractivity contribution < 1.29 is 4.79 Å². The number of aromatic nitrogens is 2. The molecule has 0 aliphatic heterocycles. The van der Waals surface area contributed by atoms with Crippen LogP contribution in [0.25, 0.3) is 10.9 Å². The molecule has 1 amide bonds. The van der Waals surface area contributed by atoms with E-state index in [1.165, 1.54) is 10.1 Å². The van der Waals surface area contributed by atoms with Gasteiger partial charge in [0.2, 0.25) is 0 Å². The zero-order valence-corrected chi connectivity index (χ0v) is 15.5. The van der Waals surface area contributed by atoms with Crippen LogP contribution in [0.5, 0.6) is 0 Å². The average Bonchev–Trinajstić information content (AvgIpc) is 2.62. The van der Waals surface area contributed by atoms with Gasteiger partial charge in [-0.3, -0.25) is 14.2 Å². The van der Waals surface area contributed by atoms with E-state index in [9.17, 15) is 9.59 Å². The molecule has 5 heteroatoms. The topological polar surface area (TPSA) is 64.0 Å². The minimum atomic E-state index is -0.187. The monoisotopic (exact) mass is 349 g/mol. The molecule has 0 bridgehead atoms. The lowest BCUT2D eigenvalue weighted by atomic mass is 9.87. The molecule has 0 radical (unpaired) electrons. The number of amides is 1. The molecule has 0 fully saturated rings. The highest BCUT2D eigenvalue weighted by molar-refractivity contribution is 5.94. The third-order valence-corrected chi connectivity index (χ3v) is 4.50. The zero-order chi connectivity index (χ0) is 18.9. The van der Waals surface area contributed by atoms with Gasteiger partial charge in [0.1, 0.15) is 5.82 Å². The number of nitrogens with zero attached hydrogens (tertiary/aromatic N) is 2. The van der Waals surface area contributed by atoms with Gasteiger partial charge in [0, 0.05) is 12.6 Å². The predicted molar refractivity (Wildman–Crippen MR) is 103 cm³/mol. The van der Waals surface area contributed by atoms with Gasteiger partial charge in [0.15, 0.2) is 0 Å². The largest absolute Gasteiger partial charge is 0.345 e. The lowest BCUT2D eigenvalue weighted by Gasteiger charge is -2.19. The van der Waals surface area contributed by atoms with Crippen LogP contribution in [0.2, 0.25) is 0 Å².